The molecule has 3 unspecified atom stereocenters. The number of rotatable bonds is 4. The summed E-state index contributed by atoms with van der Waals surface area (Å²) in [5.74, 6) is 0. The van der Waals surface area contributed by atoms with E-state index in [1.807, 2.05) is 0 Å². The Morgan fingerprint density at radius 3 is 2.83 bits per heavy atom. The van der Waals surface area contributed by atoms with Crippen LogP contribution in [0.4, 0.5) is 0 Å². The Bertz CT molecular complexity index is 267. The van der Waals surface area contributed by atoms with Crippen LogP contribution in [0.5, 0.6) is 0 Å². The maximum Gasteiger partial charge on any atom is 0.0619 e. The zero-order valence-corrected chi connectivity index (χ0v) is 12.5. The first-order valence-corrected chi connectivity index (χ1v) is 7.63. The van der Waals surface area contributed by atoms with Gasteiger partial charge in [-0.1, -0.05) is 20.8 Å². The van der Waals surface area contributed by atoms with Gasteiger partial charge in [0.1, 0.15) is 0 Å². The number of nitrogens with zero attached hydrogens (tertiary/aromatic N) is 1. The maximum atomic E-state index is 5.58. The van der Waals surface area contributed by atoms with Crippen LogP contribution in [0.2, 0.25) is 0 Å². The fourth-order valence-electron chi connectivity index (χ4n) is 3.67. The first kappa shape index (κ1) is 14.3. The number of nitrogens with one attached hydrogen (secondary N) is 1. The lowest BCUT2D eigenvalue weighted by molar-refractivity contribution is -0.0291. The molecule has 106 valence electrons. The Morgan fingerprint density at radius 1 is 1.39 bits per heavy atom. The van der Waals surface area contributed by atoms with E-state index in [1.54, 1.807) is 0 Å². The van der Waals surface area contributed by atoms with Gasteiger partial charge in [-0.15, -0.1) is 0 Å². The fraction of sp³-hybridized carbons (Fsp3) is 1.00. The Morgan fingerprint density at radius 2 is 2.17 bits per heavy atom. The SMILES string of the molecule is CCCNC1C(N2CCOCC2C)CCC1(C)C. The van der Waals surface area contributed by atoms with Crippen molar-refractivity contribution in [2.75, 3.05) is 26.3 Å². The lowest BCUT2D eigenvalue weighted by atomic mass is 9.86. The van der Waals surface area contributed by atoms with Gasteiger partial charge in [-0.05, 0) is 38.1 Å². The normalized spacial score (nSPS) is 37.0. The molecule has 0 aromatic rings. The molecule has 1 aliphatic carbocycles. The minimum Gasteiger partial charge on any atom is -0.379 e. The Balaban J connectivity index is 2.05. The van der Waals surface area contributed by atoms with Gasteiger partial charge in [-0.25, -0.2) is 0 Å². The summed E-state index contributed by atoms with van der Waals surface area (Å²) in [6, 6.07) is 1.91. The molecule has 2 rings (SSSR count). The molecule has 2 aliphatic rings. The molecule has 0 spiro atoms. The number of ether oxygens (including phenoxy) is 1. The van der Waals surface area contributed by atoms with Crippen LogP contribution in [0.25, 0.3) is 0 Å². The van der Waals surface area contributed by atoms with E-state index in [0.29, 0.717) is 23.5 Å². The highest BCUT2D eigenvalue weighted by Gasteiger charge is 2.45. The quantitative estimate of drug-likeness (QED) is 0.833. The summed E-state index contributed by atoms with van der Waals surface area (Å²) >= 11 is 0. The molecule has 0 radical (unpaired) electrons. The second-order valence-electron chi connectivity index (χ2n) is 6.69. The first-order chi connectivity index (χ1) is 8.56. The molecule has 0 aromatic heterocycles. The van der Waals surface area contributed by atoms with Crippen molar-refractivity contribution in [2.24, 2.45) is 5.41 Å². The summed E-state index contributed by atoms with van der Waals surface area (Å²) in [4.78, 5) is 2.69. The standard InChI is InChI=1S/C15H30N2O/c1-5-8-16-14-13(6-7-15(14,3)4)17-9-10-18-11-12(17)2/h12-14,16H,5-11H2,1-4H3. The zero-order valence-electron chi connectivity index (χ0n) is 12.5. The third kappa shape index (κ3) is 2.89. The second kappa shape index (κ2) is 5.89. The van der Waals surface area contributed by atoms with Crippen molar-refractivity contribution in [1.82, 2.24) is 10.2 Å². The van der Waals surface area contributed by atoms with Crippen molar-refractivity contribution in [3.63, 3.8) is 0 Å². The molecule has 1 N–H and O–H groups in total. The van der Waals surface area contributed by atoms with Gasteiger partial charge >= 0.3 is 0 Å². The summed E-state index contributed by atoms with van der Waals surface area (Å²) in [5, 5.41) is 3.81. The summed E-state index contributed by atoms with van der Waals surface area (Å²) < 4.78 is 5.58. The third-order valence-electron chi connectivity index (χ3n) is 4.77. The van der Waals surface area contributed by atoms with Gasteiger partial charge < -0.3 is 10.1 Å². The highest BCUT2D eigenvalue weighted by Crippen LogP contribution is 2.40. The van der Waals surface area contributed by atoms with Crippen LogP contribution in [0.3, 0.4) is 0 Å². The third-order valence-corrected chi connectivity index (χ3v) is 4.77. The van der Waals surface area contributed by atoms with Gasteiger partial charge in [0.2, 0.25) is 0 Å². The van der Waals surface area contributed by atoms with E-state index in [0.717, 1.165) is 26.3 Å². The largest absolute Gasteiger partial charge is 0.379 e. The smallest absolute Gasteiger partial charge is 0.0619 e. The molecule has 18 heavy (non-hydrogen) atoms. The van der Waals surface area contributed by atoms with Crippen LogP contribution in [0.15, 0.2) is 0 Å². The average Bonchev–Trinajstić information content (AvgIpc) is 2.63. The van der Waals surface area contributed by atoms with Crippen molar-refractivity contribution in [2.45, 2.75) is 65.1 Å². The molecule has 0 aromatic carbocycles. The van der Waals surface area contributed by atoms with Crippen molar-refractivity contribution in [3.8, 4) is 0 Å². The summed E-state index contributed by atoms with van der Waals surface area (Å²) in [6.45, 7) is 13.5. The molecule has 3 heteroatoms. The van der Waals surface area contributed by atoms with Crippen molar-refractivity contribution < 1.29 is 4.74 Å². The number of hydrogen-bond donors (Lipinski definition) is 1. The van der Waals surface area contributed by atoms with Crippen LogP contribution in [0.1, 0.15) is 47.0 Å². The molecule has 1 heterocycles. The van der Waals surface area contributed by atoms with Crippen LogP contribution in [-0.2, 0) is 4.74 Å². The van der Waals surface area contributed by atoms with Gasteiger partial charge in [0.25, 0.3) is 0 Å². The molecule has 3 atom stereocenters. The highest BCUT2D eigenvalue weighted by molar-refractivity contribution is 5.02. The molecule has 1 aliphatic heterocycles. The van der Waals surface area contributed by atoms with Gasteiger partial charge in [0.05, 0.1) is 13.2 Å². The number of hydrogen-bond acceptors (Lipinski definition) is 3. The van der Waals surface area contributed by atoms with Crippen LogP contribution in [0, 0.1) is 5.41 Å². The van der Waals surface area contributed by atoms with Gasteiger partial charge in [-0.3, -0.25) is 4.90 Å². The Kier molecular flexibility index (Phi) is 4.68. The predicted molar refractivity (Wildman–Crippen MR) is 75.9 cm³/mol. The molecular weight excluding hydrogens is 224 g/mol. The molecule has 0 bridgehead atoms. The Hall–Kier alpha value is -0.120. The molecular formula is C15H30N2O. The van der Waals surface area contributed by atoms with Crippen molar-refractivity contribution in [1.29, 1.82) is 0 Å². The maximum absolute atomic E-state index is 5.58. The van der Waals surface area contributed by atoms with Gasteiger partial charge in [0, 0.05) is 24.7 Å². The molecule has 3 nitrogen and oxygen atoms in total. The minimum atomic E-state index is 0.428. The van der Waals surface area contributed by atoms with Crippen molar-refractivity contribution in [3.05, 3.63) is 0 Å². The number of morpholine rings is 1. The second-order valence-corrected chi connectivity index (χ2v) is 6.69. The van der Waals surface area contributed by atoms with E-state index < -0.39 is 0 Å². The monoisotopic (exact) mass is 254 g/mol. The molecule has 1 saturated heterocycles. The van der Waals surface area contributed by atoms with Crippen LogP contribution in [-0.4, -0.2) is 49.3 Å². The van der Waals surface area contributed by atoms with E-state index in [1.165, 1.54) is 19.3 Å². The first-order valence-electron chi connectivity index (χ1n) is 7.63. The topological polar surface area (TPSA) is 24.5 Å². The highest BCUT2D eigenvalue weighted by atomic mass is 16.5. The summed E-state index contributed by atoms with van der Waals surface area (Å²) in [5.41, 5.74) is 0.428. The predicted octanol–water partition coefficient (Wildman–Crippen LogP) is 2.26. The van der Waals surface area contributed by atoms with Gasteiger partial charge in [0.15, 0.2) is 0 Å². The van der Waals surface area contributed by atoms with Gasteiger partial charge in [-0.2, -0.15) is 0 Å². The average molecular weight is 254 g/mol. The van der Waals surface area contributed by atoms with Crippen molar-refractivity contribution >= 4 is 0 Å². The van der Waals surface area contributed by atoms with Crippen LogP contribution >= 0.6 is 0 Å². The Labute approximate surface area is 112 Å². The lowest BCUT2D eigenvalue weighted by Gasteiger charge is -2.42. The lowest BCUT2D eigenvalue weighted by Crippen LogP contribution is -2.57. The van der Waals surface area contributed by atoms with Crippen LogP contribution < -0.4 is 5.32 Å². The summed E-state index contributed by atoms with van der Waals surface area (Å²) in [7, 11) is 0. The molecule has 2 fully saturated rings. The van der Waals surface area contributed by atoms with E-state index in [2.05, 4.69) is 37.9 Å². The van der Waals surface area contributed by atoms with E-state index in [-0.39, 0.29) is 0 Å². The van der Waals surface area contributed by atoms with E-state index in [9.17, 15) is 0 Å². The molecule has 1 saturated carbocycles. The molecule has 0 amide bonds. The van der Waals surface area contributed by atoms with E-state index in [4.69, 9.17) is 4.74 Å². The minimum absolute atomic E-state index is 0.428. The fourth-order valence-corrected chi connectivity index (χ4v) is 3.67. The van der Waals surface area contributed by atoms with E-state index >= 15 is 0 Å². The summed E-state index contributed by atoms with van der Waals surface area (Å²) in [6.07, 6.45) is 3.89. The zero-order chi connectivity index (χ0) is 13.2.